The van der Waals surface area contributed by atoms with E-state index in [1.165, 1.54) is 11.1 Å². The van der Waals surface area contributed by atoms with Crippen LogP contribution in [-0.4, -0.2) is 71.6 Å². The molecule has 0 unspecified atom stereocenters. The fourth-order valence-electron chi connectivity index (χ4n) is 3.23. The van der Waals surface area contributed by atoms with Crippen molar-refractivity contribution in [2.24, 2.45) is 4.99 Å². The zero-order chi connectivity index (χ0) is 20.2. The monoisotopic (exact) mass is 393 g/mol. The lowest BCUT2D eigenvalue weighted by atomic mass is 9.99. The fraction of sp³-hybridized carbons (Fsp3) is 0.667. The maximum atomic E-state index is 5.50. The molecule has 0 bridgehead atoms. The third kappa shape index (κ3) is 6.56. The van der Waals surface area contributed by atoms with Gasteiger partial charge in [-0.15, -0.1) is 0 Å². The number of unbranched alkanes of at least 4 members (excludes halogenated alkanes) is 1. The summed E-state index contributed by atoms with van der Waals surface area (Å²) in [6, 6.07) is 4.18. The van der Waals surface area contributed by atoms with Crippen molar-refractivity contribution in [1.82, 2.24) is 10.2 Å². The predicted molar refractivity (Wildman–Crippen MR) is 112 cm³/mol. The van der Waals surface area contributed by atoms with Gasteiger partial charge in [0.1, 0.15) is 0 Å². The lowest BCUT2D eigenvalue weighted by molar-refractivity contribution is 0.0690. The standard InChI is InChI=1S/C21H35N3O4/c1-5-22-21(23-9-6-7-11-28-13-12-25-2)24-10-8-17-14-19(26-3)20(27-4)15-18(17)16-24/h14-15H,5-13,16H2,1-4H3,(H,22,23). The first-order valence-electron chi connectivity index (χ1n) is 10.1. The molecule has 1 aliphatic rings. The van der Waals surface area contributed by atoms with Crippen LogP contribution in [0, 0.1) is 0 Å². The van der Waals surface area contributed by atoms with Crippen LogP contribution >= 0.6 is 0 Å². The normalized spacial score (nSPS) is 14.0. The number of nitrogens with one attached hydrogen (secondary N) is 1. The molecule has 7 nitrogen and oxygen atoms in total. The molecule has 0 radical (unpaired) electrons. The minimum absolute atomic E-state index is 0.649. The summed E-state index contributed by atoms with van der Waals surface area (Å²) in [4.78, 5) is 7.13. The molecule has 0 aliphatic carbocycles. The first-order valence-corrected chi connectivity index (χ1v) is 10.1. The summed E-state index contributed by atoms with van der Waals surface area (Å²) in [5.41, 5.74) is 2.58. The summed E-state index contributed by atoms with van der Waals surface area (Å²) in [6.45, 7) is 7.58. The molecule has 0 saturated carbocycles. The molecule has 0 aromatic heterocycles. The molecule has 0 spiro atoms. The van der Waals surface area contributed by atoms with Crippen LogP contribution in [-0.2, 0) is 22.4 Å². The van der Waals surface area contributed by atoms with Gasteiger partial charge in [-0.05, 0) is 49.4 Å². The molecule has 1 aromatic carbocycles. The lowest BCUT2D eigenvalue weighted by Crippen LogP contribution is -2.44. The highest BCUT2D eigenvalue weighted by atomic mass is 16.5. The van der Waals surface area contributed by atoms with Crippen LogP contribution in [0.1, 0.15) is 30.9 Å². The van der Waals surface area contributed by atoms with Crippen LogP contribution in [0.15, 0.2) is 17.1 Å². The van der Waals surface area contributed by atoms with Crippen molar-refractivity contribution in [2.45, 2.75) is 32.7 Å². The number of ether oxygens (including phenoxy) is 4. The van der Waals surface area contributed by atoms with Gasteiger partial charge >= 0.3 is 0 Å². The molecule has 1 aliphatic heterocycles. The van der Waals surface area contributed by atoms with Crippen LogP contribution in [0.5, 0.6) is 11.5 Å². The molecule has 158 valence electrons. The number of hydrogen-bond donors (Lipinski definition) is 1. The van der Waals surface area contributed by atoms with Gasteiger partial charge in [-0.25, -0.2) is 0 Å². The number of benzene rings is 1. The first-order chi connectivity index (χ1) is 13.7. The second-order valence-corrected chi connectivity index (χ2v) is 6.70. The summed E-state index contributed by atoms with van der Waals surface area (Å²) >= 11 is 0. The van der Waals surface area contributed by atoms with E-state index in [4.69, 9.17) is 23.9 Å². The zero-order valence-electron chi connectivity index (χ0n) is 17.8. The van der Waals surface area contributed by atoms with Gasteiger partial charge in [0, 0.05) is 39.9 Å². The van der Waals surface area contributed by atoms with Gasteiger partial charge in [0.25, 0.3) is 0 Å². The highest BCUT2D eigenvalue weighted by Crippen LogP contribution is 2.33. The number of fused-ring (bicyclic) bond motifs is 1. The Morgan fingerprint density at radius 1 is 1.04 bits per heavy atom. The summed E-state index contributed by atoms with van der Waals surface area (Å²) in [6.07, 6.45) is 2.98. The number of aliphatic imine (C=N–C) groups is 1. The van der Waals surface area contributed by atoms with Gasteiger partial charge in [0.2, 0.25) is 0 Å². The number of guanidine groups is 1. The number of rotatable bonds is 11. The molecule has 0 saturated heterocycles. The van der Waals surface area contributed by atoms with E-state index in [0.717, 1.165) is 69.5 Å². The van der Waals surface area contributed by atoms with E-state index in [1.54, 1.807) is 21.3 Å². The summed E-state index contributed by atoms with van der Waals surface area (Å²) in [5.74, 6) is 2.55. The second-order valence-electron chi connectivity index (χ2n) is 6.70. The van der Waals surface area contributed by atoms with Gasteiger partial charge in [0.05, 0.1) is 27.4 Å². The topological polar surface area (TPSA) is 64.6 Å². The van der Waals surface area contributed by atoms with E-state index in [9.17, 15) is 0 Å². The minimum atomic E-state index is 0.649. The Balaban J connectivity index is 1.92. The first kappa shape index (κ1) is 22.3. The van der Waals surface area contributed by atoms with Gasteiger partial charge in [-0.3, -0.25) is 4.99 Å². The van der Waals surface area contributed by atoms with Crippen molar-refractivity contribution >= 4 is 5.96 Å². The van der Waals surface area contributed by atoms with Gasteiger partial charge in [0.15, 0.2) is 17.5 Å². The summed E-state index contributed by atoms with van der Waals surface area (Å²) in [5, 5.41) is 3.43. The Morgan fingerprint density at radius 2 is 1.79 bits per heavy atom. The van der Waals surface area contributed by atoms with Crippen molar-refractivity contribution in [2.75, 3.05) is 60.8 Å². The van der Waals surface area contributed by atoms with E-state index in [1.807, 2.05) is 0 Å². The van der Waals surface area contributed by atoms with E-state index < -0.39 is 0 Å². The molecule has 28 heavy (non-hydrogen) atoms. The summed E-state index contributed by atoms with van der Waals surface area (Å²) in [7, 11) is 5.04. The van der Waals surface area contributed by atoms with Crippen molar-refractivity contribution in [1.29, 1.82) is 0 Å². The van der Waals surface area contributed by atoms with Crippen LogP contribution in [0.25, 0.3) is 0 Å². The zero-order valence-corrected chi connectivity index (χ0v) is 17.8. The van der Waals surface area contributed by atoms with Crippen LogP contribution < -0.4 is 14.8 Å². The lowest BCUT2D eigenvalue weighted by Gasteiger charge is -2.32. The molecule has 0 atom stereocenters. The number of methoxy groups -OCH3 is 3. The smallest absolute Gasteiger partial charge is 0.194 e. The molecular formula is C21H35N3O4. The Hall–Kier alpha value is -1.99. The molecular weight excluding hydrogens is 358 g/mol. The predicted octanol–water partition coefficient (Wildman–Crippen LogP) is 2.47. The van der Waals surface area contributed by atoms with E-state index in [-0.39, 0.29) is 0 Å². The van der Waals surface area contributed by atoms with E-state index in [2.05, 4.69) is 29.3 Å². The highest BCUT2D eigenvalue weighted by Gasteiger charge is 2.21. The third-order valence-corrected chi connectivity index (χ3v) is 4.74. The molecule has 7 heteroatoms. The second kappa shape index (κ2) is 12.5. The number of hydrogen-bond acceptors (Lipinski definition) is 5. The maximum Gasteiger partial charge on any atom is 0.194 e. The number of nitrogens with zero attached hydrogens (tertiary/aromatic N) is 2. The minimum Gasteiger partial charge on any atom is -0.493 e. The highest BCUT2D eigenvalue weighted by molar-refractivity contribution is 5.80. The molecule has 1 N–H and O–H groups in total. The average Bonchev–Trinajstić information content (AvgIpc) is 2.73. The summed E-state index contributed by atoms with van der Waals surface area (Å²) < 4.78 is 21.4. The molecule has 1 heterocycles. The van der Waals surface area contributed by atoms with Gasteiger partial charge in [-0.1, -0.05) is 0 Å². The average molecular weight is 394 g/mol. The SMILES string of the molecule is CCNC(=NCCCCOCCOC)N1CCc2cc(OC)c(OC)cc2C1. The van der Waals surface area contributed by atoms with Crippen molar-refractivity contribution in [3.8, 4) is 11.5 Å². The Morgan fingerprint density at radius 3 is 2.46 bits per heavy atom. The van der Waals surface area contributed by atoms with Crippen LogP contribution in [0.4, 0.5) is 0 Å². The van der Waals surface area contributed by atoms with E-state index >= 15 is 0 Å². The molecule has 1 aromatic rings. The van der Waals surface area contributed by atoms with Gasteiger partial charge in [-0.2, -0.15) is 0 Å². The largest absolute Gasteiger partial charge is 0.493 e. The van der Waals surface area contributed by atoms with Crippen molar-refractivity contribution in [3.63, 3.8) is 0 Å². The molecule has 0 fully saturated rings. The van der Waals surface area contributed by atoms with Crippen molar-refractivity contribution < 1.29 is 18.9 Å². The fourth-order valence-corrected chi connectivity index (χ4v) is 3.23. The molecule has 0 amide bonds. The Kier molecular flexibility index (Phi) is 9.93. The van der Waals surface area contributed by atoms with Crippen LogP contribution in [0.2, 0.25) is 0 Å². The van der Waals surface area contributed by atoms with Crippen LogP contribution in [0.3, 0.4) is 0 Å². The molecule has 2 rings (SSSR count). The third-order valence-electron chi connectivity index (χ3n) is 4.74. The van der Waals surface area contributed by atoms with Crippen molar-refractivity contribution in [3.05, 3.63) is 23.3 Å². The Labute approximate surface area is 169 Å². The quantitative estimate of drug-likeness (QED) is 0.354. The van der Waals surface area contributed by atoms with Gasteiger partial charge < -0.3 is 29.2 Å². The Bertz CT molecular complexity index is 622. The maximum absolute atomic E-state index is 5.50. The van der Waals surface area contributed by atoms with E-state index in [0.29, 0.717) is 13.2 Å².